The molecular weight excluding hydrogens is 178 g/mol. The molecule has 1 unspecified atom stereocenters. The molecule has 2 N–H and O–H groups in total. The summed E-state index contributed by atoms with van der Waals surface area (Å²) < 4.78 is 5.49. The van der Waals surface area contributed by atoms with Gasteiger partial charge in [0, 0.05) is 13.2 Å². The van der Waals surface area contributed by atoms with Gasteiger partial charge in [-0.15, -0.1) is 0 Å². The van der Waals surface area contributed by atoms with Crippen LogP contribution in [0.25, 0.3) is 0 Å². The van der Waals surface area contributed by atoms with Crippen molar-refractivity contribution < 1.29 is 9.84 Å². The smallest absolute Gasteiger partial charge is 0.0897 e. The highest BCUT2D eigenvalue weighted by atomic mass is 16.5. The van der Waals surface area contributed by atoms with Gasteiger partial charge in [-0.3, -0.25) is 0 Å². The lowest BCUT2D eigenvalue weighted by Crippen LogP contribution is -2.30. The minimum atomic E-state index is -0.351. The van der Waals surface area contributed by atoms with Gasteiger partial charge < -0.3 is 15.2 Å². The van der Waals surface area contributed by atoms with Gasteiger partial charge in [0.2, 0.25) is 0 Å². The van der Waals surface area contributed by atoms with Crippen molar-refractivity contribution in [2.24, 2.45) is 5.92 Å². The highest BCUT2D eigenvalue weighted by Gasteiger charge is 2.15. The monoisotopic (exact) mass is 201 g/mol. The fourth-order valence-corrected chi connectivity index (χ4v) is 1.92. The molecule has 1 rings (SSSR count). The first kappa shape index (κ1) is 12.0. The van der Waals surface area contributed by atoms with Crippen molar-refractivity contribution in [3.63, 3.8) is 0 Å². The second-order valence-electron chi connectivity index (χ2n) is 4.15. The number of likely N-dealkylation sites (N-methyl/N-ethyl adjacent to an activating group) is 1. The first-order valence-electron chi connectivity index (χ1n) is 5.79. The van der Waals surface area contributed by atoms with Gasteiger partial charge in [0.1, 0.15) is 0 Å². The minimum absolute atomic E-state index is 0.351. The normalized spacial score (nSPS) is 20.1. The molecule has 0 saturated heterocycles. The summed E-state index contributed by atoms with van der Waals surface area (Å²) in [5.74, 6) is 0.751. The van der Waals surface area contributed by atoms with E-state index in [1.165, 1.54) is 25.7 Å². The Balaban J connectivity index is 1.91. The van der Waals surface area contributed by atoms with Crippen LogP contribution in [0.15, 0.2) is 0 Å². The fraction of sp³-hybridized carbons (Fsp3) is 1.00. The van der Waals surface area contributed by atoms with Crippen molar-refractivity contribution in [2.45, 2.75) is 38.7 Å². The van der Waals surface area contributed by atoms with E-state index in [1.54, 1.807) is 0 Å². The van der Waals surface area contributed by atoms with E-state index >= 15 is 0 Å². The molecular formula is C11H23NO2. The van der Waals surface area contributed by atoms with Crippen LogP contribution in [0.5, 0.6) is 0 Å². The summed E-state index contributed by atoms with van der Waals surface area (Å²) in [6.07, 6.45) is 4.98. The Hall–Kier alpha value is -0.120. The number of aliphatic hydroxyl groups is 1. The van der Waals surface area contributed by atoms with Crippen molar-refractivity contribution >= 4 is 0 Å². The van der Waals surface area contributed by atoms with E-state index in [0.717, 1.165) is 19.1 Å². The third kappa shape index (κ3) is 4.94. The molecule has 1 fully saturated rings. The third-order valence-electron chi connectivity index (χ3n) is 2.77. The summed E-state index contributed by atoms with van der Waals surface area (Å²) >= 11 is 0. The molecule has 0 aromatic carbocycles. The predicted octanol–water partition coefficient (Wildman–Crippen LogP) is 1.16. The van der Waals surface area contributed by atoms with Crippen molar-refractivity contribution in [1.29, 1.82) is 0 Å². The molecule has 0 aromatic rings. The maximum Gasteiger partial charge on any atom is 0.0897 e. The molecule has 1 aliphatic rings. The quantitative estimate of drug-likeness (QED) is 0.649. The second-order valence-corrected chi connectivity index (χ2v) is 4.15. The molecule has 0 spiro atoms. The molecule has 0 bridgehead atoms. The fourth-order valence-electron chi connectivity index (χ4n) is 1.92. The maximum atomic E-state index is 9.47. The predicted molar refractivity (Wildman–Crippen MR) is 57.3 cm³/mol. The second kappa shape index (κ2) is 7.21. The van der Waals surface area contributed by atoms with E-state index < -0.39 is 0 Å². The first-order valence-corrected chi connectivity index (χ1v) is 5.79. The lowest BCUT2D eigenvalue weighted by molar-refractivity contribution is 0.0226. The van der Waals surface area contributed by atoms with Gasteiger partial charge >= 0.3 is 0 Å². The summed E-state index contributed by atoms with van der Waals surface area (Å²) in [6.45, 7) is 4.89. The molecule has 3 heteroatoms. The zero-order valence-corrected chi connectivity index (χ0v) is 9.17. The van der Waals surface area contributed by atoms with Crippen molar-refractivity contribution in [2.75, 3.05) is 26.3 Å². The largest absolute Gasteiger partial charge is 0.389 e. The molecule has 3 nitrogen and oxygen atoms in total. The summed E-state index contributed by atoms with van der Waals surface area (Å²) in [6, 6.07) is 0. The van der Waals surface area contributed by atoms with Crippen LogP contribution in [0.4, 0.5) is 0 Å². The summed E-state index contributed by atoms with van der Waals surface area (Å²) in [5, 5.41) is 12.6. The van der Waals surface area contributed by atoms with Gasteiger partial charge in [0.25, 0.3) is 0 Å². The van der Waals surface area contributed by atoms with Crippen LogP contribution in [0.3, 0.4) is 0 Å². The first-order chi connectivity index (χ1) is 6.83. The zero-order chi connectivity index (χ0) is 10.2. The van der Waals surface area contributed by atoms with Gasteiger partial charge in [-0.25, -0.2) is 0 Å². The Labute approximate surface area is 86.8 Å². The Kier molecular flexibility index (Phi) is 6.15. The molecule has 14 heavy (non-hydrogen) atoms. The number of ether oxygens (including phenoxy) is 1. The lowest BCUT2D eigenvalue weighted by Gasteiger charge is -2.14. The number of aliphatic hydroxyl groups excluding tert-OH is 1. The summed E-state index contributed by atoms with van der Waals surface area (Å²) in [4.78, 5) is 0. The highest BCUT2D eigenvalue weighted by Crippen LogP contribution is 2.24. The van der Waals surface area contributed by atoms with Gasteiger partial charge in [-0.05, 0) is 25.3 Å². The van der Waals surface area contributed by atoms with Crippen LogP contribution in [-0.4, -0.2) is 37.5 Å². The van der Waals surface area contributed by atoms with Crippen LogP contribution < -0.4 is 5.32 Å². The topological polar surface area (TPSA) is 41.5 Å². The van der Waals surface area contributed by atoms with Crippen molar-refractivity contribution in [3.05, 3.63) is 0 Å². The van der Waals surface area contributed by atoms with E-state index in [-0.39, 0.29) is 6.10 Å². The van der Waals surface area contributed by atoms with E-state index in [9.17, 15) is 5.11 Å². The maximum absolute atomic E-state index is 9.47. The van der Waals surface area contributed by atoms with E-state index in [4.69, 9.17) is 4.74 Å². The molecule has 84 valence electrons. The average molecular weight is 201 g/mol. The van der Waals surface area contributed by atoms with Crippen molar-refractivity contribution in [3.8, 4) is 0 Å². The molecule has 0 heterocycles. The van der Waals surface area contributed by atoms with Crippen LogP contribution in [0, 0.1) is 5.92 Å². The van der Waals surface area contributed by atoms with Gasteiger partial charge in [-0.2, -0.15) is 0 Å². The van der Waals surface area contributed by atoms with Crippen LogP contribution >= 0.6 is 0 Å². The number of hydrogen-bond acceptors (Lipinski definition) is 3. The average Bonchev–Trinajstić information content (AvgIpc) is 2.67. The van der Waals surface area contributed by atoms with E-state index in [1.807, 2.05) is 6.92 Å². The Morgan fingerprint density at radius 3 is 2.79 bits per heavy atom. The van der Waals surface area contributed by atoms with Crippen LogP contribution in [0.1, 0.15) is 32.6 Å². The Bertz CT molecular complexity index is 135. The lowest BCUT2D eigenvalue weighted by atomic mass is 10.1. The molecule has 0 aliphatic heterocycles. The van der Waals surface area contributed by atoms with E-state index in [2.05, 4.69) is 5.32 Å². The molecule has 1 atom stereocenters. The highest BCUT2D eigenvalue weighted by molar-refractivity contribution is 4.67. The minimum Gasteiger partial charge on any atom is -0.389 e. The molecule has 0 aromatic heterocycles. The van der Waals surface area contributed by atoms with Crippen LogP contribution in [0.2, 0.25) is 0 Å². The number of hydrogen-bond donors (Lipinski definition) is 2. The molecule has 1 aliphatic carbocycles. The number of nitrogens with one attached hydrogen (secondary N) is 1. The van der Waals surface area contributed by atoms with Gasteiger partial charge in [0.15, 0.2) is 0 Å². The van der Waals surface area contributed by atoms with Crippen LogP contribution in [-0.2, 0) is 4.74 Å². The molecule has 1 saturated carbocycles. The third-order valence-corrected chi connectivity index (χ3v) is 2.77. The Morgan fingerprint density at radius 1 is 1.43 bits per heavy atom. The van der Waals surface area contributed by atoms with E-state index in [0.29, 0.717) is 13.2 Å². The standard InChI is InChI=1S/C11H23NO2/c1-2-12-7-11(13)9-14-8-10-5-3-4-6-10/h10-13H,2-9H2,1H3. The van der Waals surface area contributed by atoms with Gasteiger partial charge in [-0.1, -0.05) is 19.8 Å². The van der Waals surface area contributed by atoms with Crippen molar-refractivity contribution in [1.82, 2.24) is 5.32 Å². The number of rotatable bonds is 7. The summed E-state index contributed by atoms with van der Waals surface area (Å²) in [5.41, 5.74) is 0. The molecule has 0 radical (unpaired) electrons. The Morgan fingerprint density at radius 2 is 2.14 bits per heavy atom. The summed E-state index contributed by atoms with van der Waals surface area (Å²) in [7, 11) is 0. The molecule has 0 amide bonds. The SMILES string of the molecule is CCNCC(O)COCC1CCCC1. The van der Waals surface area contributed by atoms with Gasteiger partial charge in [0.05, 0.1) is 12.7 Å². The zero-order valence-electron chi connectivity index (χ0n) is 9.17.